The molecule has 7 nitrogen and oxygen atoms in total. The van der Waals surface area contributed by atoms with Crippen LogP contribution in [0.3, 0.4) is 0 Å². The predicted molar refractivity (Wildman–Crippen MR) is 109 cm³/mol. The smallest absolute Gasteiger partial charge is 0.247 e. The van der Waals surface area contributed by atoms with Gasteiger partial charge in [-0.1, -0.05) is 34.8 Å². The molecule has 3 fully saturated rings. The van der Waals surface area contributed by atoms with Gasteiger partial charge in [0.25, 0.3) is 0 Å². The molecule has 0 bridgehead atoms. The van der Waals surface area contributed by atoms with Gasteiger partial charge >= 0.3 is 0 Å². The minimum Gasteiger partial charge on any atom is -0.379 e. The zero-order valence-corrected chi connectivity index (χ0v) is 18.5. The lowest BCUT2D eigenvalue weighted by molar-refractivity contribution is 0.0576. The molecule has 3 saturated heterocycles. The number of halogens is 3. The number of hydrogen-bond donors (Lipinski definition) is 0. The van der Waals surface area contributed by atoms with Crippen LogP contribution in [-0.4, -0.2) is 103 Å². The Balaban J connectivity index is 1.96. The van der Waals surface area contributed by atoms with Gasteiger partial charge in [0.15, 0.2) is 12.3 Å². The normalized spacial score (nSPS) is 25.5. The van der Waals surface area contributed by atoms with Crippen LogP contribution in [0.5, 0.6) is 0 Å². The molecule has 0 amide bonds. The molecule has 0 aromatic heterocycles. The Labute approximate surface area is 174 Å². The molecule has 0 saturated carbocycles. The van der Waals surface area contributed by atoms with E-state index in [1.165, 1.54) is 0 Å². The van der Waals surface area contributed by atoms with Crippen molar-refractivity contribution < 1.29 is 14.2 Å². The molecule has 0 unspecified atom stereocenters. The van der Waals surface area contributed by atoms with Gasteiger partial charge in [0.2, 0.25) is 3.79 Å². The van der Waals surface area contributed by atoms with E-state index in [-0.39, 0.29) is 0 Å². The van der Waals surface area contributed by atoms with Crippen molar-refractivity contribution in [3.63, 3.8) is 0 Å². The Morgan fingerprint density at radius 1 is 0.769 bits per heavy atom. The Hall–Kier alpha value is 0.790. The van der Waals surface area contributed by atoms with Gasteiger partial charge in [-0.2, -0.15) is 0 Å². The van der Waals surface area contributed by atoms with Crippen molar-refractivity contribution in [3.05, 3.63) is 0 Å². The molecule has 3 aliphatic heterocycles. The summed E-state index contributed by atoms with van der Waals surface area (Å²) < 4.78 is 24.3. The number of alkyl halides is 3. The monoisotopic (exact) mass is 464 g/mol. The van der Waals surface area contributed by atoms with Crippen LogP contribution in [0.2, 0.25) is 0 Å². The minimum atomic E-state index is -2.50. The first-order valence-electron chi connectivity index (χ1n) is 8.68. The van der Waals surface area contributed by atoms with Crippen LogP contribution in [-0.2, 0) is 26.0 Å². The second kappa shape index (κ2) is 9.53. The average Bonchev–Trinajstić information content (AvgIpc) is 2.67. The summed E-state index contributed by atoms with van der Waals surface area (Å²) in [6, 6.07) is 0. The summed E-state index contributed by atoms with van der Waals surface area (Å²) >= 11 is 25.1. The third-order valence-corrected chi connectivity index (χ3v) is 9.36. The van der Waals surface area contributed by atoms with Crippen molar-refractivity contribution in [3.8, 4) is 0 Å². The Morgan fingerprint density at radius 2 is 1.15 bits per heavy atom. The standard InChI is InChI=1S/C14H24Cl3N4O3PS/c15-14(16,17)13(19-1-7-22-8-2-19)18-25(26,20-3-9-23-10-4-20)21-5-11-24-12-6-21/h1-12H2/b18-13+. The number of morpholine rings is 3. The van der Waals surface area contributed by atoms with Crippen molar-refractivity contribution >= 4 is 58.9 Å². The van der Waals surface area contributed by atoms with Gasteiger partial charge in [0.05, 0.1) is 39.6 Å². The van der Waals surface area contributed by atoms with E-state index < -0.39 is 10.3 Å². The molecule has 150 valence electrons. The van der Waals surface area contributed by atoms with Gasteiger partial charge in [0.1, 0.15) is 0 Å². The minimum absolute atomic E-state index is 0.423. The molecule has 3 heterocycles. The summed E-state index contributed by atoms with van der Waals surface area (Å²) in [4.78, 5) is 1.98. The molecule has 0 N–H and O–H groups in total. The second-order valence-corrected chi connectivity index (χ2v) is 12.3. The van der Waals surface area contributed by atoms with Crippen LogP contribution < -0.4 is 0 Å². The van der Waals surface area contributed by atoms with Crippen LogP contribution in [0.15, 0.2) is 4.76 Å². The van der Waals surface area contributed by atoms with E-state index in [1.807, 2.05) is 4.90 Å². The van der Waals surface area contributed by atoms with Gasteiger partial charge in [-0.05, 0) is 11.8 Å². The van der Waals surface area contributed by atoms with Crippen LogP contribution >= 0.6 is 41.3 Å². The first kappa shape index (κ1) is 21.5. The van der Waals surface area contributed by atoms with Crippen LogP contribution in [0.4, 0.5) is 0 Å². The van der Waals surface area contributed by atoms with Crippen molar-refractivity contribution in [1.82, 2.24) is 14.2 Å². The lowest BCUT2D eigenvalue weighted by Gasteiger charge is -2.44. The largest absolute Gasteiger partial charge is 0.379 e. The Morgan fingerprint density at radius 3 is 1.54 bits per heavy atom. The highest BCUT2D eigenvalue weighted by atomic mass is 35.6. The van der Waals surface area contributed by atoms with E-state index in [0.29, 0.717) is 58.6 Å². The maximum atomic E-state index is 6.32. The summed E-state index contributed by atoms with van der Waals surface area (Å²) in [6.45, 7) is 5.40. The number of ether oxygens (including phenoxy) is 3. The highest BCUT2D eigenvalue weighted by Gasteiger charge is 2.40. The summed E-state index contributed by atoms with van der Waals surface area (Å²) in [5.74, 6) is 0.423. The molecular formula is C14H24Cl3N4O3PS. The van der Waals surface area contributed by atoms with Gasteiger partial charge in [-0.25, -0.2) is 14.1 Å². The van der Waals surface area contributed by atoms with Crippen LogP contribution in [0.25, 0.3) is 0 Å². The topological polar surface area (TPSA) is 49.8 Å². The van der Waals surface area contributed by atoms with Gasteiger partial charge in [-0.3, -0.25) is 0 Å². The van der Waals surface area contributed by atoms with E-state index in [4.69, 9.17) is 65.6 Å². The van der Waals surface area contributed by atoms with Gasteiger partial charge in [0, 0.05) is 39.3 Å². The molecule has 0 spiro atoms. The van der Waals surface area contributed by atoms with Crippen LogP contribution in [0, 0.1) is 0 Å². The molecule has 0 atom stereocenters. The van der Waals surface area contributed by atoms with Gasteiger partial charge in [-0.15, -0.1) is 0 Å². The van der Waals surface area contributed by atoms with E-state index in [1.54, 1.807) is 0 Å². The quantitative estimate of drug-likeness (QED) is 0.273. The molecule has 3 aliphatic rings. The second-order valence-electron chi connectivity index (χ2n) is 6.17. The lowest BCUT2D eigenvalue weighted by atomic mass is 10.4. The van der Waals surface area contributed by atoms with Crippen molar-refractivity contribution in [1.29, 1.82) is 0 Å². The zero-order valence-electron chi connectivity index (χ0n) is 14.5. The number of rotatable bonds is 3. The van der Waals surface area contributed by atoms with E-state index in [0.717, 1.165) is 26.2 Å². The van der Waals surface area contributed by atoms with Crippen LogP contribution in [0.1, 0.15) is 0 Å². The third-order valence-electron chi connectivity index (χ3n) is 4.50. The summed E-state index contributed by atoms with van der Waals surface area (Å²) in [7, 11) is 0. The fourth-order valence-corrected chi connectivity index (χ4v) is 7.51. The predicted octanol–water partition coefficient (Wildman–Crippen LogP) is 1.98. The first-order chi connectivity index (χ1) is 12.4. The molecule has 0 aromatic rings. The molecule has 12 heteroatoms. The molecule has 0 radical (unpaired) electrons. The Bertz CT molecular complexity index is 526. The molecule has 3 rings (SSSR count). The fraction of sp³-hybridized carbons (Fsp3) is 0.929. The maximum absolute atomic E-state index is 6.32. The average molecular weight is 466 g/mol. The summed E-state index contributed by atoms with van der Waals surface area (Å²) in [5.41, 5.74) is 0. The first-order valence-corrected chi connectivity index (χ1v) is 12.5. The lowest BCUT2D eigenvalue weighted by Crippen LogP contribution is -2.48. The molecule has 26 heavy (non-hydrogen) atoms. The molecular weight excluding hydrogens is 442 g/mol. The number of nitrogens with zero attached hydrogens (tertiary/aromatic N) is 4. The highest BCUT2D eigenvalue weighted by molar-refractivity contribution is 8.11. The van der Waals surface area contributed by atoms with E-state index in [9.17, 15) is 0 Å². The zero-order chi connectivity index (χ0) is 18.6. The van der Waals surface area contributed by atoms with Crippen molar-refractivity contribution in [2.45, 2.75) is 3.79 Å². The van der Waals surface area contributed by atoms with E-state index in [2.05, 4.69) is 9.34 Å². The number of hydrogen-bond acceptors (Lipinski definition) is 4. The van der Waals surface area contributed by atoms with E-state index >= 15 is 0 Å². The Kier molecular flexibility index (Phi) is 7.88. The maximum Gasteiger partial charge on any atom is 0.247 e. The molecule has 0 aromatic carbocycles. The third kappa shape index (κ3) is 5.23. The van der Waals surface area contributed by atoms with Crippen molar-refractivity contribution in [2.75, 3.05) is 78.9 Å². The molecule has 0 aliphatic carbocycles. The highest BCUT2D eigenvalue weighted by Crippen LogP contribution is 2.56. The summed E-state index contributed by atoms with van der Waals surface area (Å²) in [6.07, 6.45) is 0. The number of amidine groups is 1. The SMILES string of the molecule is S=P(/N=C(/N1CCOCC1)C(Cl)(Cl)Cl)(N1CCOCC1)N1CCOCC1. The van der Waals surface area contributed by atoms with Crippen molar-refractivity contribution in [2.24, 2.45) is 4.76 Å². The summed E-state index contributed by atoms with van der Waals surface area (Å²) in [5, 5.41) is 0. The fourth-order valence-electron chi connectivity index (χ4n) is 3.13. The van der Waals surface area contributed by atoms with Gasteiger partial charge < -0.3 is 19.1 Å².